The van der Waals surface area contributed by atoms with Gasteiger partial charge in [0.05, 0.1) is 6.54 Å². The molecule has 2 aromatic carbocycles. The van der Waals surface area contributed by atoms with Gasteiger partial charge in [-0.3, -0.25) is 9.78 Å². The van der Waals surface area contributed by atoms with Gasteiger partial charge in [-0.1, -0.05) is 18.2 Å². The summed E-state index contributed by atoms with van der Waals surface area (Å²) in [5.41, 5.74) is 1.88. The quantitative estimate of drug-likeness (QED) is 0.694. The van der Waals surface area contributed by atoms with Crippen molar-refractivity contribution in [2.75, 3.05) is 6.54 Å². The maximum absolute atomic E-state index is 13.8. The Morgan fingerprint density at radius 1 is 1.07 bits per heavy atom. The lowest BCUT2D eigenvalue weighted by Gasteiger charge is -2.14. The van der Waals surface area contributed by atoms with Crippen molar-refractivity contribution >= 4 is 5.91 Å². The van der Waals surface area contributed by atoms with E-state index in [0.717, 1.165) is 22.8 Å². The molecule has 1 atom stereocenters. The number of pyridine rings is 1. The number of nitrogens with one attached hydrogen (secondary N) is 1. The first kappa shape index (κ1) is 18.0. The van der Waals surface area contributed by atoms with Gasteiger partial charge in [-0.15, -0.1) is 0 Å². The van der Waals surface area contributed by atoms with E-state index in [2.05, 4.69) is 10.3 Å². The average molecular weight is 384 g/mol. The zero-order valence-electron chi connectivity index (χ0n) is 14.6. The van der Waals surface area contributed by atoms with Crippen molar-refractivity contribution in [2.24, 2.45) is 0 Å². The number of rotatable bonds is 4. The minimum atomic E-state index is -1.51. The van der Waals surface area contributed by atoms with Crippen LogP contribution in [0.4, 0.5) is 13.2 Å². The van der Waals surface area contributed by atoms with Gasteiger partial charge in [0.2, 0.25) is 0 Å². The van der Waals surface area contributed by atoms with Crippen molar-refractivity contribution in [3.8, 4) is 16.9 Å². The molecule has 0 radical (unpaired) electrons. The second kappa shape index (κ2) is 7.34. The summed E-state index contributed by atoms with van der Waals surface area (Å²) in [5, 5.41) is 2.42. The van der Waals surface area contributed by atoms with Crippen molar-refractivity contribution in [1.82, 2.24) is 10.3 Å². The van der Waals surface area contributed by atoms with Crippen molar-refractivity contribution in [3.63, 3.8) is 0 Å². The first-order valence-electron chi connectivity index (χ1n) is 8.65. The van der Waals surface area contributed by atoms with Gasteiger partial charge in [-0.05, 0) is 35.4 Å². The summed E-state index contributed by atoms with van der Waals surface area (Å²) in [7, 11) is 0. The molecular weight excluding hydrogens is 369 g/mol. The Kier molecular flexibility index (Phi) is 4.73. The summed E-state index contributed by atoms with van der Waals surface area (Å²) in [4.78, 5) is 16.1. The van der Waals surface area contributed by atoms with Crippen LogP contribution in [-0.2, 0) is 6.42 Å². The van der Waals surface area contributed by atoms with E-state index in [1.54, 1.807) is 12.4 Å². The molecule has 0 bridgehead atoms. The van der Waals surface area contributed by atoms with Gasteiger partial charge < -0.3 is 10.1 Å². The van der Waals surface area contributed by atoms with Crippen molar-refractivity contribution in [1.29, 1.82) is 0 Å². The third-order valence-electron chi connectivity index (χ3n) is 4.58. The zero-order chi connectivity index (χ0) is 19.7. The summed E-state index contributed by atoms with van der Waals surface area (Å²) in [5.74, 6) is -4.22. The highest BCUT2D eigenvalue weighted by molar-refractivity contribution is 5.94. The minimum Gasteiger partial charge on any atom is -0.487 e. The number of benzene rings is 2. The molecule has 4 nitrogen and oxygen atoms in total. The number of ether oxygens (including phenoxy) is 1. The second-order valence-electron chi connectivity index (χ2n) is 6.40. The van der Waals surface area contributed by atoms with Crippen molar-refractivity contribution < 1.29 is 22.7 Å². The predicted octanol–water partition coefficient (Wildman–Crippen LogP) is 3.90. The van der Waals surface area contributed by atoms with Gasteiger partial charge in [0.1, 0.15) is 23.2 Å². The number of halogens is 3. The van der Waals surface area contributed by atoms with E-state index in [4.69, 9.17) is 4.74 Å². The maximum atomic E-state index is 13.8. The van der Waals surface area contributed by atoms with Crippen LogP contribution in [0.5, 0.6) is 5.75 Å². The highest BCUT2D eigenvalue weighted by Gasteiger charge is 2.27. The van der Waals surface area contributed by atoms with E-state index in [1.165, 1.54) is 0 Å². The Bertz CT molecular complexity index is 1040. The smallest absolute Gasteiger partial charge is 0.257 e. The average Bonchev–Trinajstić information content (AvgIpc) is 3.13. The molecule has 0 saturated carbocycles. The Labute approximate surface area is 159 Å². The fraction of sp³-hybridized carbons (Fsp3) is 0.143. The Morgan fingerprint density at radius 3 is 2.61 bits per heavy atom. The molecule has 3 aromatic rings. The lowest BCUT2D eigenvalue weighted by atomic mass is 10.0. The molecule has 0 fully saturated rings. The summed E-state index contributed by atoms with van der Waals surface area (Å²) >= 11 is 0. The molecule has 4 rings (SSSR count). The lowest BCUT2D eigenvalue weighted by molar-refractivity contribution is 0.0924. The molecule has 7 heteroatoms. The van der Waals surface area contributed by atoms with Crippen LogP contribution < -0.4 is 10.1 Å². The van der Waals surface area contributed by atoms with Crippen LogP contribution in [0.3, 0.4) is 0 Å². The fourth-order valence-corrected chi connectivity index (χ4v) is 3.24. The molecule has 1 amide bonds. The summed E-state index contributed by atoms with van der Waals surface area (Å²) < 4.78 is 46.8. The van der Waals surface area contributed by atoms with E-state index in [-0.39, 0.29) is 6.54 Å². The van der Waals surface area contributed by atoms with Crippen LogP contribution >= 0.6 is 0 Å². The van der Waals surface area contributed by atoms with Crippen LogP contribution in [0.15, 0.2) is 54.9 Å². The molecule has 0 spiro atoms. The monoisotopic (exact) mass is 384 g/mol. The lowest BCUT2D eigenvalue weighted by Crippen LogP contribution is -2.35. The standard InChI is InChI=1S/C21H15F3N2O2/c22-16-4-5-17(23)19(24)18(16)21(27)26-11-14-10-13-2-1-3-15(20(13)28-14)12-6-8-25-9-7-12/h1-9,14H,10-11H2,(H,26,27)/t14-/m1/s1. The van der Waals surface area contributed by atoms with E-state index in [1.807, 2.05) is 30.3 Å². The number of nitrogens with zero attached hydrogens (tertiary/aromatic N) is 1. The largest absolute Gasteiger partial charge is 0.487 e. The number of fused-ring (bicyclic) bond motifs is 1. The molecule has 1 aliphatic heterocycles. The normalized spacial score (nSPS) is 15.0. The van der Waals surface area contributed by atoms with Crippen LogP contribution in [0.25, 0.3) is 11.1 Å². The van der Waals surface area contributed by atoms with Crippen LogP contribution in [0, 0.1) is 17.5 Å². The van der Waals surface area contributed by atoms with Gasteiger partial charge in [-0.25, -0.2) is 13.2 Å². The number of aromatic nitrogens is 1. The molecule has 0 unspecified atom stereocenters. The van der Waals surface area contributed by atoms with E-state index in [9.17, 15) is 18.0 Å². The fourth-order valence-electron chi connectivity index (χ4n) is 3.24. The topological polar surface area (TPSA) is 51.2 Å². The molecule has 2 heterocycles. The number of hydrogen-bond donors (Lipinski definition) is 1. The number of carbonyl (C=O) groups excluding carboxylic acids is 1. The second-order valence-corrected chi connectivity index (χ2v) is 6.40. The number of carbonyl (C=O) groups is 1. The van der Waals surface area contributed by atoms with Gasteiger partial charge in [-0.2, -0.15) is 0 Å². The van der Waals surface area contributed by atoms with Crippen LogP contribution in [0.1, 0.15) is 15.9 Å². The summed E-state index contributed by atoms with van der Waals surface area (Å²) in [6, 6.07) is 10.8. The third-order valence-corrected chi connectivity index (χ3v) is 4.58. The first-order valence-corrected chi connectivity index (χ1v) is 8.65. The van der Waals surface area contributed by atoms with Gasteiger partial charge in [0.25, 0.3) is 5.91 Å². The number of para-hydroxylation sites is 1. The molecule has 28 heavy (non-hydrogen) atoms. The molecule has 1 aliphatic rings. The number of hydrogen-bond acceptors (Lipinski definition) is 3. The van der Waals surface area contributed by atoms with E-state index in [0.29, 0.717) is 18.2 Å². The van der Waals surface area contributed by atoms with Crippen LogP contribution in [0.2, 0.25) is 0 Å². The highest BCUT2D eigenvalue weighted by atomic mass is 19.2. The van der Waals surface area contributed by atoms with E-state index >= 15 is 0 Å². The van der Waals surface area contributed by atoms with Gasteiger partial charge >= 0.3 is 0 Å². The van der Waals surface area contributed by atoms with Gasteiger partial charge in [0, 0.05) is 24.4 Å². The molecule has 142 valence electrons. The van der Waals surface area contributed by atoms with Crippen LogP contribution in [-0.4, -0.2) is 23.5 Å². The SMILES string of the molecule is O=C(NC[C@H]1Cc2cccc(-c3ccncc3)c2O1)c1c(F)ccc(F)c1F. The molecule has 1 aromatic heterocycles. The Hall–Kier alpha value is -3.35. The summed E-state index contributed by atoms with van der Waals surface area (Å²) in [6.45, 7) is 0.0265. The molecule has 1 N–H and O–H groups in total. The molecule has 0 aliphatic carbocycles. The van der Waals surface area contributed by atoms with Crippen molar-refractivity contribution in [2.45, 2.75) is 12.5 Å². The van der Waals surface area contributed by atoms with Crippen molar-refractivity contribution in [3.05, 3.63) is 83.4 Å². The minimum absolute atomic E-state index is 0.0265. The Balaban J connectivity index is 1.48. The predicted molar refractivity (Wildman–Crippen MR) is 96.4 cm³/mol. The zero-order valence-corrected chi connectivity index (χ0v) is 14.6. The van der Waals surface area contributed by atoms with Gasteiger partial charge in [0.15, 0.2) is 11.6 Å². The Morgan fingerprint density at radius 2 is 1.82 bits per heavy atom. The first-order chi connectivity index (χ1) is 13.5. The third kappa shape index (κ3) is 3.31. The maximum Gasteiger partial charge on any atom is 0.257 e. The van der Waals surface area contributed by atoms with E-state index < -0.39 is 35.0 Å². The number of amides is 1. The summed E-state index contributed by atoms with van der Waals surface area (Å²) in [6.07, 6.45) is 3.50. The molecule has 0 saturated heterocycles. The molecular formula is C21H15F3N2O2. The highest BCUT2D eigenvalue weighted by Crippen LogP contribution is 2.38.